The van der Waals surface area contributed by atoms with Gasteiger partial charge in [-0.2, -0.15) is 0 Å². The van der Waals surface area contributed by atoms with Crippen LogP contribution in [-0.2, 0) is 21.7 Å². The van der Waals surface area contributed by atoms with Gasteiger partial charge < -0.3 is 5.32 Å². The molecule has 2 aromatic rings. The molecule has 0 heterocycles. The molecule has 0 amide bonds. The van der Waals surface area contributed by atoms with Crippen LogP contribution < -0.4 is 0 Å². The molecule has 0 unspecified atom stereocenters. The molecule has 0 bridgehead atoms. The fourth-order valence-corrected chi connectivity index (χ4v) is 1.15. The van der Waals surface area contributed by atoms with Gasteiger partial charge in [-0.1, -0.05) is 60.7 Å². The zero-order valence-corrected chi connectivity index (χ0v) is 10.5. The second-order valence-electron chi connectivity index (χ2n) is 2.78. The van der Waals surface area contributed by atoms with Crippen LogP contribution in [0.1, 0.15) is 0 Å². The van der Waals surface area contributed by atoms with Crippen molar-refractivity contribution in [2.75, 3.05) is 0 Å². The van der Waals surface area contributed by atoms with Gasteiger partial charge in [-0.05, 0) is 0 Å². The maximum absolute atomic E-state index is 4.44. The summed E-state index contributed by atoms with van der Waals surface area (Å²) in [6, 6.07) is 19.9. The first-order chi connectivity index (χ1) is 6.45. The maximum Gasteiger partial charge on any atom is 0 e. The monoisotopic (exact) mass is 252 g/mol. The number of halogens is 1. The molecule has 0 N–H and O–H groups in total. The van der Waals surface area contributed by atoms with E-state index in [-0.39, 0.29) is 34.1 Å². The zero-order chi connectivity index (χ0) is 8.93. The average Bonchev–Trinajstić information content (AvgIpc) is 2.21. The normalized spacial score (nSPS) is 8.27. The minimum absolute atomic E-state index is 0. The molecular weight excluding hydrogens is 241 g/mol. The fraction of sp³-hybridized carbons (Fsp3) is 0. The SMILES string of the molecule is Cl.[Ti].c1ccc([N-]c2ccccc2)cc1. The van der Waals surface area contributed by atoms with Crippen LogP contribution in [0.15, 0.2) is 60.7 Å². The van der Waals surface area contributed by atoms with Crippen molar-refractivity contribution in [3.8, 4) is 0 Å². The molecule has 0 aliphatic rings. The van der Waals surface area contributed by atoms with Crippen molar-refractivity contribution in [1.82, 2.24) is 0 Å². The van der Waals surface area contributed by atoms with Crippen molar-refractivity contribution >= 4 is 23.8 Å². The predicted octanol–water partition coefficient (Wildman–Crippen LogP) is 4.44. The van der Waals surface area contributed by atoms with Gasteiger partial charge in [0.25, 0.3) is 0 Å². The molecule has 0 aliphatic heterocycles. The summed E-state index contributed by atoms with van der Waals surface area (Å²) < 4.78 is 0. The van der Waals surface area contributed by atoms with Crippen LogP contribution in [0.25, 0.3) is 5.32 Å². The Balaban J connectivity index is 0.000000980. The molecule has 15 heavy (non-hydrogen) atoms. The number of benzene rings is 2. The summed E-state index contributed by atoms with van der Waals surface area (Å²) in [6.45, 7) is 0. The number of para-hydroxylation sites is 2. The molecule has 1 nitrogen and oxygen atoms in total. The van der Waals surface area contributed by atoms with Crippen molar-refractivity contribution in [3.05, 3.63) is 66.0 Å². The Hall–Kier alpha value is -0.756. The minimum Gasteiger partial charge on any atom is -0.658 e. The summed E-state index contributed by atoms with van der Waals surface area (Å²) in [6.07, 6.45) is 0. The Morgan fingerprint density at radius 3 is 1.27 bits per heavy atom. The van der Waals surface area contributed by atoms with Crippen LogP contribution in [0, 0.1) is 0 Å². The van der Waals surface area contributed by atoms with Crippen LogP contribution in [-0.4, -0.2) is 0 Å². The Morgan fingerprint density at radius 2 is 0.933 bits per heavy atom. The summed E-state index contributed by atoms with van der Waals surface area (Å²) in [5.41, 5.74) is 1.99. The van der Waals surface area contributed by atoms with E-state index >= 15 is 0 Å². The molecule has 76 valence electrons. The van der Waals surface area contributed by atoms with E-state index in [1.165, 1.54) is 0 Å². The molecule has 0 aliphatic carbocycles. The fourth-order valence-electron chi connectivity index (χ4n) is 1.15. The van der Waals surface area contributed by atoms with Crippen LogP contribution in [0.4, 0.5) is 11.4 Å². The molecule has 2 aromatic carbocycles. The third-order valence-electron chi connectivity index (χ3n) is 1.77. The summed E-state index contributed by atoms with van der Waals surface area (Å²) in [5, 5.41) is 4.44. The van der Waals surface area contributed by atoms with E-state index in [4.69, 9.17) is 0 Å². The van der Waals surface area contributed by atoms with Gasteiger partial charge in [0.15, 0.2) is 0 Å². The number of rotatable bonds is 2. The van der Waals surface area contributed by atoms with E-state index in [1.807, 2.05) is 60.7 Å². The van der Waals surface area contributed by atoms with Crippen molar-refractivity contribution in [2.24, 2.45) is 0 Å². The third-order valence-corrected chi connectivity index (χ3v) is 1.77. The second kappa shape index (κ2) is 7.52. The van der Waals surface area contributed by atoms with E-state index in [1.54, 1.807) is 0 Å². The van der Waals surface area contributed by atoms with Gasteiger partial charge in [0, 0.05) is 21.7 Å². The molecule has 0 saturated carbocycles. The molecular formula is C12H11ClNTi-. The smallest absolute Gasteiger partial charge is 0 e. The number of hydrogen-bond acceptors (Lipinski definition) is 0. The van der Waals surface area contributed by atoms with Gasteiger partial charge in [-0.3, -0.25) is 0 Å². The van der Waals surface area contributed by atoms with Gasteiger partial charge in [-0.15, -0.1) is 23.8 Å². The second-order valence-corrected chi connectivity index (χ2v) is 2.78. The summed E-state index contributed by atoms with van der Waals surface area (Å²) in [4.78, 5) is 0. The number of nitrogens with zero attached hydrogens (tertiary/aromatic N) is 1. The van der Waals surface area contributed by atoms with Crippen molar-refractivity contribution in [1.29, 1.82) is 0 Å². The topological polar surface area (TPSA) is 14.1 Å². The average molecular weight is 253 g/mol. The first-order valence-corrected chi connectivity index (χ1v) is 4.27. The zero-order valence-electron chi connectivity index (χ0n) is 8.13. The predicted molar refractivity (Wildman–Crippen MR) is 62.8 cm³/mol. The molecule has 0 saturated heterocycles. The van der Waals surface area contributed by atoms with Gasteiger partial charge in [0.05, 0.1) is 0 Å². The minimum atomic E-state index is 0. The Labute approximate surface area is 111 Å². The summed E-state index contributed by atoms with van der Waals surface area (Å²) in [5.74, 6) is 0. The van der Waals surface area contributed by atoms with Crippen LogP contribution in [0.5, 0.6) is 0 Å². The molecule has 0 spiro atoms. The Kier molecular flexibility index (Phi) is 7.15. The van der Waals surface area contributed by atoms with E-state index in [0.29, 0.717) is 0 Å². The van der Waals surface area contributed by atoms with Crippen LogP contribution >= 0.6 is 12.4 Å². The van der Waals surface area contributed by atoms with Crippen molar-refractivity contribution in [2.45, 2.75) is 0 Å². The van der Waals surface area contributed by atoms with E-state index < -0.39 is 0 Å². The van der Waals surface area contributed by atoms with Crippen LogP contribution in [0.3, 0.4) is 0 Å². The van der Waals surface area contributed by atoms with Crippen LogP contribution in [0.2, 0.25) is 0 Å². The van der Waals surface area contributed by atoms with E-state index in [9.17, 15) is 0 Å². The first kappa shape index (κ1) is 14.2. The molecule has 0 fully saturated rings. The molecule has 0 aromatic heterocycles. The Morgan fingerprint density at radius 1 is 0.600 bits per heavy atom. The number of hydrogen-bond donors (Lipinski definition) is 0. The van der Waals surface area contributed by atoms with Crippen molar-refractivity contribution in [3.63, 3.8) is 0 Å². The molecule has 2 rings (SSSR count). The van der Waals surface area contributed by atoms with E-state index in [0.717, 1.165) is 11.4 Å². The molecule has 3 heteroatoms. The summed E-state index contributed by atoms with van der Waals surface area (Å²) in [7, 11) is 0. The maximum atomic E-state index is 4.44. The third kappa shape index (κ3) is 4.52. The standard InChI is InChI=1S/C12H10N.ClH.Ti/c1-3-7-11(8-4-1)13-12-9-5-2-6-10-12;;/h1-10H;1H;/q-1;;. The van der Waals surface area contributed by atoms with E-state index in [2.05, 4.69) is 5.32 Å². The summed E-state index contributed by atoms with van der Waals surface area (Å²) >= 11 is 0. The van der Waals surface area contributed by atoms with Gasteiger partial charge in [0.2, 0.25) is 0 Å². The largest absolute Gasteiger partial charge is 0.658 e. The quantitative estimate of drug-likeness (QED) is 0.702. The van der Waals surface area contributed by atoms with Gasteiger partial charge in [-0.25, -0.2) is 0 Å². The van der Waals surface area contributed by atoms with Gasteiger partial charge >= 0.3 is 0 Å². The van der Waals surface area contributed by atoms with Crippen molar-refractivity contribution < 1.29 is 21.7 Å². The Bertz CT molecular complexity index is 326. The molecule has 0 radical (unpaired) electrons. The first-order valence-electron chi connectivity index (χ1n) is 4.27. The van der Waals surface area contributed by atoms with Gasteiger partial charge in [0.1, 0.15) is 0 Å². The molecule has 0 atom stereocenters.